The Morgan fingerprint density at radius 1 is 1.10 bits per heavy atom. The number of hydrogen-bond acceptors (Lipinski definition) is 5. The second-order valence-electron chi connectivity index (χ2n) is 8.48. The van der Waals surface area contributed by atoms with Crippen molar-refractivity contribution in [1.29, 1.82) is 0 Å². The summed E-state index contributed by atoms with van der Waals surface area (Å²) in [6.45, 7) is 7.15. The highest BCUT2D eigenvalue weighted by Crippen LogP contribution is 2.31. The van der Waals surface area contributed by atoms with Gasteiger partial charge in [-0.2, -0.15) is 4.98 Å². The first-order valence-corrected chi connectivity index (χ1v) is 10.9. The minimum atomic E-state index is -0.482. The molecule has 2 aromatic rings. The molecule has 0 atom stereocenters. The lowest BCUT2D eigenvalue weighted by atomic mass is 10.0. The number of piperidine rings is 1. The monoisotopic (exact) mass is 411 g/mol. The van der Waals surface area contributed by atoms with Crippen LogP contribution in [0.15, 0.2) is 24.3 Å². The van der Waals surface area contributed by atoms with E-state index in [4.69, 9.17) is 9.97 Å². The second kappa shape index (κ2) is 8.58. The van der Waals surface area contributed by atoms with E-state index in [9.17, 15) is 9.18 Å². The third kappa shape index (κ3) is 3.98. The van der Waals surface area contributed by atoms with Crippen LogP contribution in [0.5, 0.6) is 0 Å². The highest BCUT2D eigenvalue weighted by atomic mass is 19.1. The largest absolute Gasteiger partial charge is 0.357 e. The summed E-state index contributed by atoms with van der Waals surface area (Å²) < 4.78 is 14.2. The standard InChI is InChI=1S/C23H30FN5O/c1-16(2)27(3)21-18-15-29(22(30)17-9-5-6-10-19(17)24)14-11-20(18)25-23(26-21)28-12-7-4-8-13-28/h5-6,9-10,16H,4,7-8,11-15H2,1-3H3. The van der Waals surface area contributed by atoms with Crippen LogP contribution >= 0.6 is 0 Å². The number of aromatic nitrogens is 2. The molecule has 3 heterocycles. The van der Waals surface area contributed by atoms with Crippen molar-refractivity contribution in [1.82, 2.24) is 14.9 Å². The maximum Gasteiger partial charge on any atom is 0.257 e. The first-order chi connectivity index (χ1) is 14.5. The lowest BCUT2D eigenvalue weighted by molar-refractivity contribution is 0.0729. The fourth-order valence-corrected chi connectivity index (χ4v) is 4.13. The summed E-state index contributed by atoms with van der Waals surface area (Å²) in [5.74, 6) is 0.910. The number of fused-ring (bicyclic) bond motifs is 1. The van der Waals surface area contributed by atoms with Gasteiger partial charge in [0.05, 0.1) is 17.8 Å². The Balaban J connectivity index is 1.68. The molecule has 0 saturated carbocycles. The summed E-state index contributed by atoms with van der Waals surface area (Å²) >= 11 is 0. The predicted molar refractivity (Wildman–Crippen MR) is 116 cm³/mol. The summed E-state index contributed by atoms with van der Waals surface area (Å²) in [5, 5.41) is 0. The van der Waals surface area contributed by atoms with Crippen LogP contribution in [0, 0.1) is 5.82 Å². The van der Waals surface area contributed by atoms with Crippen molar-refractivity contribution in [3.63, 3.8) is 0 Å². The summed E-state index contributed by atoms with van der Waals surface area (Å²) in [7, 11) is 2.03. The van der Waals surface area contributed by atoms with Crippen LogP contribution in [0.2, 0.25) is 0 Å². The van der Waals surface area contributed by atoms with Crippen LogP contribution < -0.4 is 9.80 Å². The first-order valence-electron chi connectivity index (χ1n) is 10.9. The third-order valence-corrected chi connectivity index (χ3v) is 6.17. The Morgan fingerprint density at radius 3 is 2.53 bits per heavy atom. The fourth-order valence-electron chi connectivity index (χ4n) is 4.13. The molecule has 0 radical (unpaired) electrons. The van der Waals surface area contributed by atoms with Crippen molar-refractivity contribution >= 4 is 17.7 Å². The molecular weight excluding hydrogens is 381 g/mol. The number of carbonyl (C=O) groups is 1. The molecule has 1 aromatic carbocycles. The maximum absolute atomic E-state index is 14.2. The van der Waals surface area contributed by atoms with Crippen LogP contribution in [0.25, 0.3) is 0 Å². The van der Waals surface area contributed by atoms with Gasteiger partial charge in [-0.25, -0.2) is 9.37 Å². The van der Waals surface area contributed by atoms with E-state index in [1.165, 1.54) is 25.3 Å². The molecule has 1 amide bonds. The quantitative estimate of drug-likeness (QED) is 0.769. The molecule has 30 heavy (non-hydrogen) atoms. The smallest absolute Gasteiger partial charge is 0.257 e. The minimum absolute atomic E-state index is 0.116. The zero-order chi connectivity index (χ0) is 21.3. The van der Waals surface area contributed by atoms with Crippen molar-refractivity contribution in [2.45, 2.75) is 52.1 Å². The van der Waals surface area contributed by atoms with E-state index in [0.29, 0.717) is 19.5 Å². The lowest BCUT2D eigenvalue weighted by Gasteiger charge is -2.35. The number of carbonyl (C=O) groups excluding carboxylic acids is 1. The molecule has 4 rings (SSSR count). The summed E-state index contributed by atoms with van der Waals surface area (Å²) in [4.78, 5) is 29.0. The number of nitrogens with zero attached hydrogens (tertiary/aromatic N) is 5. The van der Waals surface area contributed by atoms with Gasteiger partial charge < -0.3 is 14.7 Å². The van der Waals surface area contributed by atoms with E-state index >= 15 is 0 Å². The number of halogens is 1. The van der Waals surface area contributed by atoms with Gasteiger partial charge in [0.2, 0.25) is 5.95 Å². The molecule has 0 bridgehead atoms. The van der Waals surface area contributed by atoms with Crippen LogP contribution in [0.4, 0.5) is 16.2 Å². The average Bonchev–Trinajstić information content (AvgIpc) is 2.78. The Labute approximate surface area is 177 Å². The molecule has 2 aliphatic rings. The van der Waals surface area contributed by atoms with Gasteiger partial charge in [0.15, 0.2) is 0 Å². The number of anilines is 2. The normalized spacial score (nSPS) is 16.6. The molecule has 1 saturated heterocycles. The zero-order valence-corrected chi connectivity index (χ0v) is 18.1. The Bertz CT molecular complexity index is 926. The molecule has 0 N–H and O–H groups in total. The van der Waals surface area contributed by atoms with E-state index in [2.05, 4.69) is 23.6 Å². The summed E-state index contributed by atoms with van der Waals surface area (Å²) in [5.41, 5.74) is 2.10. The molecule has 0 unspecified atom stereocenters. The molecular formula is C23H30FN5O. The van der Waals surface area contributed by atoms with E-state index in [0.717, 1.165) is 36.1 Å². The number of rotatable bonds is 4. The molecule has 6 nitrogen and oxygen atoms in total. The van der Waals surface area contributed by atoms with E-state index in [1.54, 1.807) is 23.1 Å². The topological polar surface area (TPSA) is 52.6 Å². The number of benzene rings is 1. The highest BCUT2D eigenvalue weighted by Gasteiger charge is 2.30. The summed E-state index contributed by atoms with van der Waals surface area (Å²) in [6, 6.07) is 6.43. The maximum atomic E-state index is 14.2. The van der Waals surface area contributed by atoms with Gasteiger partial charge in [-0.05, 0) is 45.2 Å². The molecule has 7 heteroatoms. The minimum Gasteiger partial charge on any atom is -0.357 e. The van der Waals surface area contributed by atoms with E-state index in [-0.39, 0.29) is 17.5 Å². The molecule has 1 aromatic heterocycles. The molecule has 0 aliphatic carbocycles. The van der Waals surface area contributed by atoms with E-state index < -0.39 is 5.82 Å². The van der Waals surface area contributed by atoms with Gasteiger partial charge in [-0.15, -0.1) is 0 Å². The van der Waals surface area contributed by atoms with Crippen LogP contribution in [0.3, 0.4) is 0 Å². The fraction of sp³-hybridized carbons (Fsp3) is 0.522. The van der Waals surface area contributed by atoms with Crippen LogP contribution in [-0.2, 0) is 13.0 Å². The zero-order valence-electron chi connectivity index (χ0n) is 18.1. The van der Waals surface area contributed by atoms with Gasteiger partial charge in [-0.1, -0.05) is 12.1 Å². The molecule has 0 spiro atoms. The number of amides is 1. The first kappa shape index (κ1) is 20.6. The second-order valence-corrected chi connectivity index (χ2v) is 8.48. The van der Waals surface area contributed by atoms with Gasteiger partial charge in [0.25, 0.3) is 5.91 Å². The molecule has 160 valence electrons. The van der Waals surface area contributed by atoms with Crippen molar-refractivity contribution in [2.75, 3.05) is 36.5 Å². The van der Waals surface area contributed by atoms with Gasteiger partial charge >= 0.3 is 0 Å². The van der Waals surface area contributed by atoms with E-state index in [1.807, 2.05) is 7.05 Å². The molecule has 2 aliphatic heterocycles. The lowest BCUT2D eigenvalue weighted by Crippen LogP contribution is -2.40. The van der Waals surface area contributed by atoms with Gasteiger partial charge in [0, 0.05) is 44.7 Å². The van der Waals surface area contributed by atoms with Gasteiger partial charge in [0.1, 0.15) is 11.6 Å². The van der Waals surface area contributed by atoms with Gasteiger partial charge in [-0.3, -0.25) is 4.79 Å². The Morgan fingerprint density at radius 2 is 1.83 bits per heavy atom. The third-order valence-electron chi connectivity index (χ3n) is 6.17. The molecule has 1 fully saturated rings. The number of hydrogen-bond donors (Lipinski definition) is 0. The van der Waals surface area contributed by atoms with Crippen molar-refractivity contribution < 1.29 is 9.18 Å². The predicted octanol–water partition coefficient (Wildman–Crippen LogP) is 3.65. The van der Waals surface area contributed by atoms with Crippen molar-refractivity contribution in [3.05, 3.63) is 46.9 Å². The average molecular weight is 412 g/mol. The SMILES string of the molecule is CC(C)N(C)c1nc(N2CCCCC2)nc2c1CN(C(=O)c1ccccc1F)CC2. The Hall–Kier alpha value is -2.70. The van der Waals surface area contributed by atoms with Crippen LogP contribution in [0.1, 0.15) is 54.7 Å². The summed E-state index contributed by atoms with van der Waals surface area (Å²) in [6.07, 6.45) is 4.24. The highest BCUT2D eigenvalue weighted by molar-refractivity contribution is 5.94. The Kier molecular flexibility index (Phi) is 5.88. The van der Waals surface area contributed by atoms with Crippen molar-refractivity contribution in [2.24, 2.45) is 0 Å². The van der Waals surface area contributed by atoms with Crippen molar-refractivity contribution in [3.8, 4) is 0 Å². The van der Waals surface area contributed by atoms with Crippen LogP contribution in [-0.4, -0.2) is 53.5 Å².